The molecule has 1 atom stereocenters. The summed E-state index contributed by atoms with van der Waals surface area (Å²) in [5.41, 5.74) is -0.278. The van der Waals surface area contributed by atoms with E-state index in [0.29, 0.717) is 17.3 Å². The SMILES string of the molecule is CC(C)(C)OC(=O)N1CSC[C@@H]1CC(=O)Nc1ccc(C(=O)O)nc1. The molecule has 2 rings (SSSR count). The molecule has 0 aliphatic carbocycles. The van der Waals surface area contributed by atoms with Crippen molar-refractivity contribution in [3.8, 4) is 0 Å². The first-order valence-corrected chi connectivity index (χ1v) is 8.88. The van der Waals surface area contributed by atoms with Gasteiger partial charge in [-0.25, -0.2) is 14.6 Å². The van der Waals surface area contributed by atoms with Crippen LogP contribution in [0, 0.1) is 0 Å². The molecular weight excluding hydrogens is 346 g/mol. The maximum Gasteiger partial charge on any atom is 0.411 e. The largest absolute Gasteiger partial charge is 0.477 e. The Morgan fingerprint density at radius 1 is 1.40 bits per heavy atom. The molecule has 2 heterocycles. The van der Waals surface area contributed by atoms with Gasteiger partial charge in [0, 0.05) is 12.2 Å². The minimum atomic E-state index is -1.13. The molecular formula is C16H21N3O5S. The van der Waals surface area contributed by atoms with Crippen LogP contribution in [0.2, 0.25) is 0 Å². The Bertz CT molecular complexity index is 657. The zero-order valence-corrected chi connectivity index (χ0v) is 15.1. The van der Waals surface area contributed by atoms with Gasteiger partial charge >= 0.3 is 12.1 Å². The van der Waals surface area contributed by atoms with Crippen molar-refractivity contribution in [3.63, 3.8) is 0 Å². The van der Waals surface area contributed by atoms with Gasteiger partial charge in [0.15, 0.2) is 0 Å². The number of carboxylic acids is 1. The van der Waals surface area contributed by atoms with Crippen molar-refractivity contribution >= 4 is 35.4 Å². The van der Waals surface area contributed by atoms with E-state index in [2.05, 4.69) is 10.3 Å². The molecule has 1 saturated heterocycles. The molecule has 2 amide bonds. The van der Waals surface area contributed by atoms with Crippen molar-refractivity contribution in [2.24, 2.45) is 0 Å². The molecule has 1 aliphatic heterocycles. The smallest absolute Gasteiger partial charge is 0.411 e. The van der Waals surface area contributed by atoms with E-state index < -0.39 is 17.7 Å². The van der Waals surface area contributed by atoms with E-state index in [1.807, 2.05) is 0 Å². The van der Waals surface area contributed by atoms with E-state index in [4.69, 9.17) is 9.84 Å². The normalized spacial score (nSPS) is 17.2. The highest BCUT2D eigenvalue weighted by Crippen LogP contribution is 2.25. The first kappa shape index (κ1) is 19.0. The van der Waals surface area contributed by atoms with E-state index in [9.17, 15) is 14.4 Å². The second-order valence-electron chi connectivity index (χ2n) is 6.59. The maximum atomic E-state index is 12.2. The number of aromatic carboxylic acids is 1. The van der Waals surface area contributed by atoms with Gasteiger partial charge in [0.05, 0.1) is 23.8 Å². The number of pyridine rings is 1. The number of hydrogen-bond acceptors (Lipinski definition) is 6. The lowest BCUT2D eigenvalue weighted by Gasteiger charge is -2.27. The Kier molecular flexibility index (Phi) is 5.89. The molecule has 8 nitrogen and oxygen atoms in total. The zero-order chi connectivity index (χ0) is 18.6. The van der Waals surface area contributed by atoms with Crippen LogP contribution in [0.15, 0.2) is 18.3 Å². The van der Waals surface area contributed by atoms with Crippen molar-refractivity contribution in [2.45, 2.75) is 38.8 Å². The van der Waals surface area contributed by atoms with Gasteiger partial charge < -0.3 is 15.2 Å². The van der Waals surface area contributed by atoms with E-state index in [0.717, 1.165) is 0 Å². The number of thioether (sulfide) groups is 1. The number of carbonyl (C=O) groups excluding carboxylic acids is 2. The molecule has 0 aromatic carbocycles. The van der Waals surface area contributed by atoms with Crippen LogP contribution in [0.3, 0.4) is 0 Å². The van der Waals surface area contributed by atoms with Crippen LogP contribution in [0.5, 0.6) is 0 Å². The quantitative estimate of drug-likeness (QED) is 0.841. The molecule has 1 aromatic rings. The van der Waals surface area contributed by atoms with Crippen molar-refractivity contribution in [1.29, 1.82) is 0 Å². The van der Waals surface area contributed by atoms with Crippen LogP contribution in [-0.4, -0.2) is 56.2 Å². The van der Waals surface area contributed by atoms with Gasteiger partial charge in [-0.15, -0.1) is 11.8 Å². The fraction of sp³-hybridized carbons (Fsp3) is 0.500. The van der Waals surface area contributed by atoms with Gasteiger partial charge in [-0.3, -0.25) is 9.69 Å². The van der Waals surface area contributed by atoms with E-state index >= 15 is 0 Å². The molecule has 0 saturated carbocycles. The number of ether oxygens (including phenoxy) is 1. The van der Waals surface area contributed by atoms with E-state index in [1.165, 1.54) is 18.3 Å². The molecule has 1 aliphatic rings. The first-order valence-electron chi connectivity index (χ1n) is 7.72. The number of aromatic nitrogens is 1. The minimum Gasteiger partial charge on any atom is -0.477 e. The first-order chi connectivity index (χ1) is 11.7. The number of anilines is 1. The molecule has 136 valence electrons. The highest BCUT2D eigenvalue weighted by molar-refractivity contribution is 7.99. The third kappa shape index (κ3) is 5.63. The molecule has 0 spiro atoms. The number of nitrogens with one attached hydrogen (secondary N) is 1. The maximum absolute atomic E-state index is 12.2. The lowest BCUT2D eigenvalue weighted by molar-refractivity contribution is -0.117. The highest BCUT2D eigenvalue weighted by atomic mass is 32.2. The summed E-state index contributed by atoms with van der Waals surface area (Å²) in [5.74, 6) is -0.260. The lowest BCUT2D eigenvalue weighted by Crippen LogP contribution is -2.42. The standard InChI is InChI=1S/C16H21N3O5S/c1-16(2,3)24-15(23)19-9-25-8-11(19)6-13(20)18-10-4-5-12(14(21)22)17-7-10/h4-5,7,11H,6,8-9H2,1-3H3,(H,18,20)(H,21,22)/t11-/m0/s1. The van der Waals surface area contributed by atoms with Crippen LogP contribution >= 0.6 is 11.8 Å². The third-order valence-electron chi connectivity index (χ3n) is 3.30. The Labute approximate surface area is 149 Å². The summed E-state index contributed by atoms with van der Waals surface area (Å²) in [5, 5.41) is 11.5. The van der Waals surface area contributed by atoms with E-state index in [1.54, 1.807) is 37.4 Å². The van der Waals surface area contributed by atoms with Crippen LogP contribution < -0.4 is 5.32 Å². The highest BCUT2D eigenvalue weighted by Gasteiger charge is 2.33. The molecule has 2 N–H and O–H groups in total. The topological polar surface area (TPSA) is 109 Å². The predicted octanol–water partition coefficient (Wildman–Crippen LogP) is 2.42. The fourth-order valence-corrected chi connectivity index (χ4v) is 3.38. The minimum absolute atomic E-state index is 0.0960. The fourth-order valence-electron chi connectivity index (χ4n) is 2.19. The van der Waals surface area contributed by atoms with Crippen molar-refractivity contribution in [1.82, 2.24) is 9.88 Å². The molecule has 0 radical (unpaired) electrons. The average molecular weight is 367 g/mol. The van der Waals surface area contributed by atoms with Gasteiger partial charge in [0.1, 0.15) is 11.3 Å². The lowest BCUT2D eigenvalue weighted by atomic mass is 10.2. The second kappa shape index (κ2) is 7.73. The third-order valence-corrected chi connectivity index (χ3v) is 4.38. The van der Waals surface area contributed by atoms with Crippen LogP contribution in [0.25, 0.3) is 0 Å². The molecule has 1 aromatic heterocycles. The Balaban J connectivity index is 1.92. The Morgan fingerprint density at radius 2 is 2.12 bits per heavy atom. The van der Waals surface area contributed by atoms with Crippen LogP contribution in [0.1, 0.15) is 37.7 Å². The number of amides is 2. The van der Waals surface area contributed by atoms with Gasteiger partial charge in [0.2, 0.25) is 5.91 Å². The van der Waals surface area contributed by atoms with Crippen molar-refractivity contribution in [2.75, 3.05) is 16.9 Å². The van der Waals surface area contributed by atoms with Crippen molar-refractivity contribution < 1.29 is 24.2 Å². The summed E-state index contributed by atoms with van der Waals surface area (Å²) in [4.78, 5) is 40.5. The van der Waals surface area contributed by atoms with Gasteiger partial charge in [-0.05, 0) is 32.9 Å². The summed E-state index contributed by atoms with van der Waals surface area (Å²) in [6.45, 7) is 5.39. The number of hydrogen-bond donors (Lipinski definition) is 2. The number of carboxylic acid groups (broad SMARTS) is 1. The summed E-state index contributed by atoms with van der Waals surface area (Å²) in [6.07, 6.45) is 0.992. The van der Waals surface area contributed by atoms with Crippen LogP contribution in [0.4, 0.5) is 10.5 Å². The molecule has 0 bridgehead atoms. The molecule has 0 unspecified atom stereocenters. The molecule has 25 heavy (non-hydrogen) atoms. The predicted molar refractivity (Wildman–Crippen MR) is 93.6 cm³/mol. The van der Waals surface area contributed by atoms with Crippen LogP contribution in [-0.2, 0) is 9.53 Å². The zero-order valence-electron chi connectivity index (χ0n) is 14.3. The number of nitrogens with zero attached hydrogens (tertiary/aromatic N) is 2. The summed E-state index contributed by atoms with van der Waals surface area (Å²) >= 11 is 1.57. The molecule has 9 heteroatoms. The summed E-state index contributed by atoms with van der Waals surface area (Å²) in [7, 11) is 0. The van der Waals surface area contributed by atoms with Gasteiger partial charge in [0.25, 0.3) is 0 Å². The second-order valence-corrected chi connectivity index (χ2v) is 7.59. The molecule has 1 fully saturated rings. The van der Waals surface area contributed by atoms with Crippen molar-refractivity contribution in [3.05, 3.63) is 24.0 Å². The number of carbonyl (C=O) groups is 3. The Morgan fingerprint density at radius 3 is 2.68 bits per heavy atom. The summed E-state index contributed by atoms with van der Waals surface area (Å²) in [6, 6.07) is 2.55. The summed E-state index contributed by atoms with van der Waals surface area (Å²) < 4.78 is 5.36. The number of rotatable bonds is 4. The van der Waals surface area contributed by atoms with E-state index in [-0.39, 0.29) is 24.1 Å². The van der Waals surface area contributed by atoms with Gasteiger partial charge in [-0.1, -0.05) is 0 Å². The monoisotopic (exact) mass is 367 g/mol. The Hall–Kier alpha value is -2.29. The average Bonchev–Trinajstić information content (AvgIpc) is 2.94. The van der Waals surface area contributed by atoms with Gasteiger partial charge in [-0.2, -0.15) is 0 Å².